The standard InChI is InChI=1S/C20H22F3N3S/c21-20(22,23)15-7-5-14(6-8-15)13-19(27)26-11-9-16(10-12-26)25-18-4-2-1-3-17(18)24/h1-8,16,25H,9-13,24H2. The lowest BCUT2D eigenvalue weighted by molar-refractivity contribution is -0.137. The van der Waals surface area contributed by atoms with Gasteiger partial charge in [-0.15, -0.1) is 0 Å². The van der Waals surface area contributed by atoms with Gasteiger partial charge in [0.1, 0.15) is 0 Å². The third kappa shape index (κ3) is 5.13. The number of halogens is 3. The second-order valence-corrected chi connectivity index (χ2v) is 7.23. The first kappa shape index (κ1) is 19.5. The zero-order chi connectivity index (χ0) is 19.4. The second kappa shape index (κ2) is 8.17. The van der Waals surface area contributed by atoms with Crippen molar-refractivity contribution in [2.24, 2.45) is 0 Å². The number of hydrogen-bond donors (Lipinski definition) is 2. The first-order valence-electron chi connectivity index (χ1n) is 8.88. The Morgan fingerprint density at radius 3 is 2.30 bits per heavy atom. The van der Waals surface area contributed by atoms with E-state index in [0.29, 0.717) is 12.5 Å². The molecule has 0 unspecified atom stereocenters. The van der Waals surface area contributed by atoms with Gasteiger partial charge in [0, 0.05) is 25.6 Å². The molecule has 27 heavy (non-hydrogen) atoms. The average Bonchev–Trinajstić information content (AvgIpc) is 2.64. The topological polar surface area (TPSA) is 41.3 Å². The first-order chi connectivity index (χ1) is 12.8. The second-order valence-electron chi connectivity index (χ2n) is 6.76. The van der Waals surface area contributed by atoms with Crippen LogP contribution in [0.15, 0.2) is 48.5 Å². The van der Waals surface area contributed by atoms with Crippen LogP contribution in [0, 0.1) is 0 Å². The SMILES string of the molecule is Nc1ccccc1NC1CCN(C(=S)Cc2ccc(C(F)(F)F)cc2)CC1. The first-order valence-corrected chi connectivity index (χ1v) is 9.29. The van der Waals surface area contributed by atoms with Crippen molar-refractivity contribution in [2.75, 3.05) is 24.1 Å². The predicted molar refractivity (Wildman–Crippen MR) is 107 cm³/mol. The number of anilines is 2. The number of thiocarbonyl (C=S) groups is 1. The molecule has 0 amide bonds. The molecule has 1 heterocycles. The van der Waals surface area contributed by atoms with E-state index in [2.05, 4.69) is 10.2 Å². The van der Waals surface area contributed by atoms with Gasteiger partial charge >= 0.3 is 6.18 Å². The van der Waals surface area contributed by atoms with E-state index >= 15 is 0 Å². The van der Waals surface area contributed by atoms with E-state index in [1.54, 1.807) is 0 Å². The summed E-state index contributed by atoms with van der Waals surface area (Å²) in [5.41, 5.74) is 7.82. The van der Waals surface area contributed by atoms with Crippen molar-refractivity contribution in [3.05, 3.63) is 59.7 Å². The summed E-state index contributed by atoms with van der Waals surface area (Å²) in [7, 11) is 0. The highest BCUT2D eigenvalue weighted by Gasteiger charge is 2.30. The van der Waals surface area contributed by atoms with E-state index in [4.69, 9.17) is 18.0 Å². The van der Waals surface area contributed by atoms with Crippen LogP contribution in [0.2, 0.25) is 0 Å². The minimum atomic E-state index is -4.31. The molecule has 144 valence electrons. The number of piperidine rings is 1. The van der Waals surface area contributed by atoms with Gasteiger partial charge in [-0.3, -0.25) is 0 Å². The molecular formula is C20H22F3N3S. The van der Waals surface area contributed by atoms with Gasteiger partial charge in [-0.2, -0.15) is 13.2 Å². The highest BCUT2D eigenvalue weighted by molar-refractivity contribution is 7.80. The molecule has 1 aliphatic heterocycles. The summed E-state index contributed by atoms with van der Waals surface area (Å²) in [5.74, 6) is 0. The molecule has 3 nitrogen and oxygen atoms in total. The van der Waals surface area contributed by atoms with E-state index in [1.165, 1.54) is 12.1 Å². The van der Waals surface area contributed by atoms with Crippen molar-refractivity contribution >= 4 is 28.6 Å². The summed E-state index contributed by atoms with van der Waals surface area (Å²) in [5, 5.41) is 3.48. The largest absolute Gasteiger partial charge is 0.416 e. The zero-order valence-electron chi connectivity index (χ0n) is 14.8. The quantitative estimate of drug-likeness (QED) is 0.582. The van der Waals surface area contributed by atoms with E-state index in [-0.39, 0.29) is 0 Å². The molecule has 0 bridgehead atoms. The molecule has 0 radical (unpaired) electrons. The number of benzene rings is 2. The molecule has 1 fully saturated rings. The summed E-state index contributed by atoms with van der Waals surface area (Å²) < 4.78 is 37.9. The monoisotopic (exact) mass is 393 g/mol. The van der Waals surface area contributed by atoms with Gasteiger partial charge in [-0.25, -0.2) is 0 Å². The van der Waals surface area contributed by atoms with Gasteiger partial charge in [-0.05, 0) is 42.7 Å². The van der Waals surface area contributed by atoms with Crippen LogP contribution in [0.4, 0.5) is 24.5 Å². The molecule has 0 aromatic heterocycles. The van der Waals surface area contributed by atoms with Crippen LogP contribution >= 0.6 is 12.2 Å². The Bertz CT molecular complexity index is 782. The Hall–Kier alpha value is -2.28. The van der Waals surface area contributed by atoms with Gasteiger partial charge in [0.25, 0.3) is 0 Å². The van der Waals surface area contributed by atoms with Gasteiger partial charge in [0.2, 0.25) is 0 Å². The number of rotatable bonds is 4. The molecule has 0 aliphatic carbocycles. The van der Waals surface area contributed by atoms with Crippen molar-refractivity contribution in [1.82, 2.24) is 4.90 Å². The van der Waals surface area contributed by atoms with E-state index in [0.717, 1.165) is 60.0 Å². The third-order valence-corrected chi connectivity index (χ3v) is 5.21. The number of nitrogens with two attached hydrogens (primary N) is 1. The number of likely N-dealkylation sites (tertiary alicyclic amines) is 1. The van der Waals surface area contributed by atoms with Gasteiger partial charge in [0.15, 0.2) is 0 Å². The Morgan fingerprint density at radius 2 is 1.70 bits per heavy atom. The zero-order valence-corrected chi connectivity index (χ0v) is 15.6. The Labute approximate surface area is 162 Å². The van der Waals surface area contributed by atoms with Crippen LogP contribution in [0.3, 0.4) is 0 Å². The number of hydrogen-bond acceptors (Lipinski definition) is 3. The summed E-state index contributed by atoms with van der Waals surface area (Å²) in [6.07, 6.45) is -1.96. The Balaban J connectivity index is 1.50. The third-order valence-electron chi connectivity index (χ3n) is 4.80. The molecule has 2 aromatic rings. The summed E-state index contributed by atoms with van der Waals surface area (Å²) in [4.78, 5) is 2.91. The maximum absolute atomic E-state index is 12.6. The number of para-hydroxylation sites is 2. The molecule has 1 aliphatic rings. The molecule has 0 spiro atoms. The van der Waals surface area contributed by atoms with E-state index in [1.807, 2.05) is 24.3 Å². The summed E-state index contributed by atoms with van der Waals surface area (Å²) in [6, 6.07) is 13.3. The van der Waals surface area contributed by atoms with Gasteiger partial charge < -0.3 is 16.0 Å². The minimum Gasteiger partial charge on any atom is -0.397 e. The van der Waals surface area contributed by atoms with Crippen molar-refractivity contribution in [2.45, 2.75) is 31.5 Å². The van der Waals surface area contributed by atoms with Crippen molar-refractivity contribution in [1.29, 1.82) is 0 Å². The number of nitrogen functional groups attached to an aromatic ring is 1. The normalized spacial score (nSPS) is 15.6. The molecule has 1 saturated heterocycles. The molecule has 3 N–H and O–H groups in total. The lowest BCUT2D eigenvalue weighted by Gasteiger charge is -2.34. The van der Waals surface area contributed by atoms with E-state index < -0.39 is 11.7 Å². The molecule has 7 heteroatoms. The molecule has 3 rings (SSSR count). The van der Waals surface area contributed by atoms with Crippen molar-refractivity contribution < 1.29 is 13.2 Å². The Kier molecular flexibility index (Phi) is 5.89. The highest BCUT2D eigenvalue weighted by Crippen LogP contribution is 2.29. The molecular weight excluding hydrogens is 371 g/mol. The Morgan fingerprint density at radius 1 is 1.07 bits per heavy atom. The maximum Gasteiger partial charge on any atom is 0.416 e. The lowest BCUT2D eigenvalue weighted by Crippen LogP contribution is -2.42. The number of alkyl halides is 3. The maximum atomic E-state index is 12.6. The van der Waals surface area contributed by atoms with Crippen molar-refractivity contribution in [3.8, 4) is 0 Å². The average molecular weight is 393 g/mol. The molecule has 0 atom stereocenters. The van der Waals surface area contributed by atoms with Crippen LogP contribution in [0.25, 0.3) is 0 Å². The van der Waals surface area contributed by atoms with Crippen LogP contribution in [-0.4, -0.2) is 29.0 Å². The fraction of sp³-hybridized carbons (Fsp3) is 0.350. The smallest absolute Gasteiger partial charge is 0.397 e. The highest BCUT2D eigenvalue weighted by atomic mass is 32.1. The molecule has 0 saturated carbocycles. The van der Waals surface area contributed by atoms with Crippen LogP contribution < -0.4 is 11.1 Å². The van der Waals surface area contributed by atoms with Crippen LogP contribution in [0.5, 0.6) is 0 Å². The number of nitrogens with one attached hydrogen (secondary N) is 1. The summed E-state index contributed by atoms with van der Waals surface area (Å²) >= 11 is 5.51. The van der Waals surface area contributed by atoms with E-state index in [9.17, 15) is 13.2 Å². The van der Waals surface area contributed by atoms with Crippen LogP contribution in [-0.2, 0) is 12.6 Å². The van der Waals surface area contributed by atoms with Crippen LogP contribution in [0.1, 0.15) is 24.0 Å². The minimum absolute atomic E-state index is 0.333. The lowest BCUT2D eigenvalue weighted by atomic mass is 10.0. The summed E-state index contributed by atoms with van der Waals surface area (Å²) in [6.45, 7) is 1.65. The molecule has 2 aromatic carbocycles. The fourth-order valence-corrected chi connectivity index (χ4v) is 3.57. The van der Waals surface area contributed by atoms with Crippen molar-refractivity contribution in [3.63, 3.8) is 0 Å². The number of nitrogens with zero attached hydrogens (tertiary/aromatic N) is 1. The van der Waals surface area contributed by atoms with Gasteiger partial charge in [-0.1, -0.05) is 36.5 Å². The van der Waals surface area contributed by atoms with Gasteiger partial charge in [0.05, 0.1) is 21.9 Å². The predicted octanol–water partition coefficient (Wildman–Crippen LogP) is 4.73. The fourth-order valence-electron chi connectivity index (χ4n) is 3.22.